The molecule has 4 rings (SSSR count). The van der Waals surface area contributed by atoms with Gasteiger partial charge in [0.05, 0.1) is 17.3 Å². The van der Waals surface area contributed by atoms with E-state index in [2.05, 4.69) is 17.0 Å². The van der Waals surface area contributed by atoms with Gasteiger partial charge in [0.25, 0.3) is 0 Å². The maximum atomic E-state index is 12.1. The second-order valence-electron chi connectivity index (χ2n) is 5.96. The van der Waals surface area contributed by atoms with E-state index in [0.717, 1.165) is 21.5 Å². The molecule has 1 aromatic carbocycles. The van der Waals surface area contributed by atoms with Crippen LogP contribution in [0.5, 0.6) is 0 Å². The van der Waals surface area contributed by atoms with Gasteiger partial charge in [0.1, 0.15) is 6.73 Å². The molecule has 0 radical (unpaired) electrons. The molecular weight excluding hydrogens is 348 g/mol. The van der Waals surface area contributed by atoms with Gasteiger partial charge in [-0.1, -0.05) is 30.4 Å². The Morgan fingerprint density at radius 1 is 1.35 bits per heavy atom. The molecule has 0 fully saturated rings. The van der Waals surface area contributed by atoms with E-state index in [0.29, 0.717) is 11.9 Å². The van der Waals surface area contributed by atoms with Gasteiger partial charge in [0.15, 0.2) is 5.82 Å². The first-order valence-corrected chi connectivity index (χ1v) is 8.99. The van der Waals surface area contributed by atoms with E-state index in [1.165, 1.54) is 17.5 Å². The summed E-state index contributed by atoms with van der Waals surface area (Å²) >= 11 is 1.22. The van der Waals surface area contributed by atoms with E-state index in [1.807, 2.05) is 30.5 Å². The number of aromatic nitrogens is 4. The molecule has 1 atom stereocenters. The quantitative estimate of drug-likeness (QED) is 0.542. The van der Waals surface area contributed by atoms with Crippen molar-refractivity contribution in [2.24, 2.45) is 0 Å². The Kier molecular flexibility index (Phi) is 4.08. The normalized spacial score (nSPS) is 13.1. The van der Waals surface area contributed by atoms with Gasteiger partial charge in [-0.15, -0.1) is 0 Å². The summed E-state index contributed by atoms with van der Waals surface area (Å²) in [6.07, 6.45) is 3.37. The van der Waals surface area contributed by atoms with Crippen molar-refractivity contribution in [2.45, 2.75) is 19.6 Å². The van der Waals surface area contributed by atoms with Crippen LogP contribution >= 0.6 is 11.3 Å². The molecule has 7 heteroatoms. The molecule has 0 N–H and O–H groups in total. The lowest BCUT2D eigenvalue weighted by Crippen LogP contribution is -2.13. The van der Waals surface area contributed by atoms with Crippen LogP contribution in [0.15, 0.2) is 59.6 Å². The largest absolute Gasteiger partial charge is 0.364 e. The van der Waals surface area contributed by atoms with Crippen LogP contribution in [0, 0.1) is 0 Å². The molecule has 0 spiro atoms. The van der Waals surface area contributed by atoms with Crippen LogP contribution < -0.4 is 4.87 Å². The maximum Gasteiger partial charge on any atom is 0.310 e. The number of thiazole rings is 1. The van der Waals surface area contributed by atoms with E-state index in [4.69, 9.17) is 6.11 Å². The minimum Gasteiger partial charge on any atom is -0.364 e. The molecule has 1 unspecified atom stereocenters. The Balaban J connectivity index is 1.65. The van der Waals surface area contributed by atoms with Crippen molar-refractivity contribution in [2.75, 3.05) is 7.11 Å². The summed E-state index contributed by atoms with van der Waals surface area (Å²) in [7, 11) is 1.58. The van der Waals surface area contributed by atoms with Gasteiger partial charge in [-0.3, -0.25) is 9.36 Å². The monoisotopic (exact) mass is 367 g/mol. The molecule has 0 aliphatic rings. The van der Waals surface area contributed by atoms with Crippen LogP contribution in [0.1, 0.15) is 25.5 Å². The Hall–Kier alpha value is -2.77. The number of methoxy groups -OCH3 is 1. The highest BCUT2D eigenvalue weighted by molar-refractivity contribution is 7.16. The van der Waals surface area contributed by atoms with Crippen LogP contribution in [0.25, 0.3) is 16.0 Å². The molecule has 26 heavy (non-hydrogen) atoms. The first kappa shape index (κ1) is 15.5. The van der Waals surface area contributed by atoms with Gasteiger partial charge in [0.2, 0.25) is 0 Å². The second kappa shape index (κ2) is 6.86. The fraction of sp³-hybridized carbons (Fsp3) is 0.211. The van der Waals surface area contributed by atoms with Crippen molar-refractivity contribution in [3.05, 3.63) is 75.8 Å². The zero-order valence-electron chi connectivity index (χ0n) is 15.4. The minimum atomic E-state index is -0.0233. The van der Waals surface area contributed by atoms with Crippen molar-refractivity contribution in [1.82, 2.24) is 19.3 Å². The smallest absolute Gasteiger partial charge is 0.310 e. The van der Waals surface area contributed by atoms with Crippen molar-refractivity contribution < 1.29 is 6.11 Å². The zero-order chi connectivity index (χ0) is 19.0. The van der Waals surface area contributed by atoms with Crippen LogP contribution in [-0.2, 0) is 11.5 Å². The third-order valence-corrected chi connectivity index (χ3v) is 5.28. The molecule has 0 bridgehead atoms. The van der Waals surface area contributed by atoms with Crippen LogP contribution in [-0.4, -0.2) is 26.4 Å². The van der Waals surface area contributed by atoms with Crippen molar-refractivity contribution in [1.29, 1.82) is 0 Å². The zero-order valence-corrected chi connectivity index (χ0v) is 15.2. The first-order valence-electron chi connectivity index (χ1n) is 8.67. The number of pyridine rings is 1. The van der Waals surface area contributed by atoms with E-state index in [9.17, 15) is 4.79 Å². The average Bonchev–Trinajstić information content (AvgIpc) is 3.27. The lowest BCUT2D eigenvalue weighted by Gasteiger charge is -2.10. The van der Waals surface area contributed by atoms with Crippen molar-refractivity contribution in [3.8, 4) is 5.82 Å². The highest BCUT2D eigenvalue weighted by atomic mass is 32.1. The van der Waals surface area contributed by atoms with Crippen LogP contribution in [0.3, 0.4) is 0 Å². The van der Waals surface area contributed by atoms with Gasteiger partial charge in [-0.05, 0) is 35.9 Å². The fourth-order valence-corrected chi connectivity index (χ4v) is 3.85. The summed E-state index contributed by atoms with van der Waals surface area (Å²) in [6.45, 7) is 2.34. The SMILES string of the molecule is [2H]c1ccc(-n2ccc(C(C)c3ccc4c(c3)sc(=O)n4COC)n2)nc1. The fourth-order valence-electron chi connectivity index (χ4n) is 2.92. The molecule has 3 aromatic heterocycles. The van der Waals surface area contributed by atoms with Crippen LogP contribution in [0.2, 0.25) is 0 Å². The number of rotatable bonds is 5. The summed E-state index contributed by atoms with van der Waals surface area (Å²) in [5, 5.41) is 4.63. The summed E-state index contributed by atoms with van der Waals surface area (Å²) in [5.41, 5.74) is 2.89. The minimum absolute atomic E-state index is 0.0233. The van der Waals surface area contributed by atoms with Gasteiger partial charge in [-0.2, -0.15) is 5.10 Å². The topological polar surface area (TPSA) is 61.9 Å². The maximum absolute atomic E-state index is 12.1. The Morgan fingerprint density at radius 3 is 3.00 bits per heavy atom. The highest BCUT2D eigenvalue weighted by Gasteiger charge is 2.15. The molecule has 132 valence electrons. The van der Waals surface area contributed by atoms with E-state index in [1.54, 1.807) is 28.5 Å². The summed E-state index contributed by atoms with van der Waals surface area (Å²) < 4.78 is 16.9. The standard InChI is InChI=1S/C19H18N4O2S/c1-13(15-8-10-23(21-15)18-5-3-4-9-20-18)14-6-7-16-17(11-14)26-19(24)22(16)12-25-2/h3-11,13H,12H2,1-2H3/i4D. The number of benzene rings is 1. The summed E-state index contributed by atoms with van der Waals surface area (Å²) in [4.78, 5) is 16.3. The van der Waals surface area contributed by atoms with E-state index >= 15 is 0 Å². The molecule has 0 saturated heterocycles. The molecule has 0 aliphatic heterocycles. The number of hydrogen-bond donors (Lipinski definition) is 0. The molecule has 0 amide bonds. The van der Waals surface area contributed by atoms with E-state index < -0.39 is 0 Å². The Morgan fingerprint density at radius 2 is 2.23 bits per heavy atom. The molecule has 6 nitrogen and oxygen atoms in total. The molecule has 0 aliphatic carbocycles. The van der Waals surface area contributed by atoms with Crippen molar-refractivity contribution >= 4 is 21.6 Å². The number of nitrogens with zero attached hydrogens (tertiary/aromatic N) is 4. The Bertz CT molecular complexity index is 1150. The van der Waals surface area contributed by atoms with Crippen LogP contribution in [0.4, 0.5) is 0 Å². The number of fused-ring (bicyclic) bond motifs is 1. The molecular formula is C19H18N4O2S. The first-order chi connectivity index (χ1) is 13.1. The number of ether oxygens (including phenoxy) is 1. The highest BCUT2D eigenvalue weighted by Crippen LogP contribution is 2.27. The lowest BCUT2D eigenvalue weighted by atomic mass is 9.98. The van der Waals surface area contributed by atoms with Gasteiger partial charge < -0.3 is 4.74 Å². The molecule has 0 saturated carbocycles. The summed E-state index contributed by atoms with van der Waals surface area (Å²) in [6, 6.07) is 11.8. The van der Waals surface area contributed by atoms with Gasteiger partial charge in [-0.25, -0.2) is 9.67 Å². The van der Waals surface area contributed by atoms with Crippen molar-refractivity contribution in [3.63, 3.8) is 0 Å². The predicted octanol–water partition coefficient (Wildman–Crippen LogP) is 3.40. The summed E-state index contributed by atoms with van der Waals surface area (Å²) in [5.74, 6) is 0.744. The predicted molar refractivity (Wildman–Crippen MR) is 102 cm³/mol. The average molecular weight is 367 g/mol. The third kappa shape index (κ3) is 2.95. The van der Waals surface area contributed by atoms with Gasteiger partial charge >= 0.3 is 4.87 Å². The molecule has 3 heterocycles. The molecule has 4 aromatic rings. The Labute approximate surface area is 155 Å². The second-order valence-corrected chi connectivity index (χ2v) is 6.96. The lowest BCUT2D eigenvalue weighted by molar-refractivity contribution is 0.133. The number of hydrogen-bond acceptors (Lipinski definition) is 5. The van der Waals surface area contributed by atoms with Gasteiger partial charge in [0, 0.05) is 25.4 Å². The van der Waals surface area contributed by atoms with E-state index in [-0.39, 0.29) is 17.5 Å². The third-order valence-electron chi connectivity index (χ3n) is 4.34.